The maximum Gasteiger partial charge on any atom is 0.197 e. The zero-order valence-corrected chi connectivity index (χ0v) is 16.6. The molecule has 0 spiro atoms. The number of thiazole rings is 1. The van der Waals surface area contributed by atoms with Crippen molar-refractivity contribution < 1.29 is 0 Å². The number of nitrogens with zero attached hydrogens (tertiary/aromatic N) is 3. The second kappa shape index (κ2) is 8.06. The summed E-state index contributed by atoms with van der Waals surface area (Å²) in [6, 6.07) is 10.4. The summed E-state index contributed by atoms with van der Waals surface area (Å²) >= 11 is 8.06. The van der Waals surface area contributed by atoms with Gasteiger partial charge in [-0.2, -0.15) is 0 Å². The number of pyridine rings is 1. The van der Waals surface area contributed by atoms with Crippen LogP contribution in [0.15, 0.2) is 46.9 Å². The van der Waals surface area contributed by atoms with Crippen LogP contribution >= 0.6 is 22.9 Å². The molecule has 2 aromatic heterocycles. The van der Waals surface area contributed by atoms with Gasteiger partial charge in [-0.25, -0.2) is 9.97 Å². The minimum absolute atomic E-state index is 0.581. The summed E-state index contributed by atoms with van der Waals surface area (Å²) in [6.07, 6.45) is 3.59. The van der Waals surface area contributed by atoms with E-state index in [4.69, 9.17) is 16.6 Å². The highest BCUT2D eigenvalue weighted by molar-refractivity contribution is 7.10. The predicted octanol–water partition coefficient (Wildman–Crippen LogP) is 4.52. The van der Waals surface area contributed by atoms with Crippen molar-refractivity contribution in [3.8, 4) is 11.3 Å². The Morgan fingerprint density at radius 1 is 1.26 bits per heavy atom. The van der Waals surface area contributed by atoms with Gasteiger partial charge in [-0.1, -0.05) is 41.4 Å². The third-order valence-electron chi connectivity index (χ3n) is 4.29. The van der Waals surface area contributed by atoms with E-state index >= 15 is 0 Å². The van der Waals surface area contributed by atoms with E-state index in [1.54, 1.807) is 11.3 Å². The predicted molar refractivity (Wildman–Crippen MR) is 113 cm³/mol. The molecule has 0 amide bonds. The smallest absolute Gasteiger partial charge is 0.197 e. The SMILES string of the molecule is Cc1ccc(-c2csc(Cc3cnc(NC4=NCCCN4)c(Cl)c3)n2)cc1. The van der Waals surface area contributed by atoms with Crippen molar-refractivity contribution in [2.24, 2.45) is 4.99 Å². The standard InChI is InChI=1S/C20H20ClN5S/c1-13-3-5-15(6-4-13)17-12-27-18(25-17)10-14-9-16(21)19(24-11-14)26-20-22-7-2-8-23-20/h3-6,9,11-12H,2,7-8,10H2,1H3,(H2,22,23,24,26). The van der Waals surface area contributed by atoms with Crippen LogP contribution in [0.25, 0.3) is 11.3 Å². The minimum atomic E-state index is 0.581. The largest absolute Gasteiger partial charge is 0.356 e. The highest BCUT2D eigenvalue weighted by atomic mass is 35.5. The maximum atomic E-state index is 6.41. The lowest BCUT2D eigenvalue weighted by molar-refractivity contribution is 0.740. The van der Waals surface area contributed by atoms with E-state index in [0.717, 1.165) is 47.3 Å². The lowest BCUT2D eigenvalue weighted by Crippen LogP contribution is -2.35. The average molecular weight is 398 g/mol. The van der Waals surface area contributed by atoms with Crippen LogP contribution in [0.3, 0.4) is 0 Å². The van der Waals surface area contributed by atoms with Crippen molar-refractivity contribution in [3.05, 3.63) is 63.1 Å². The van der Waals surface area contributed by atoms with E-state index < -0.39 is 0 Å². The number of aromatic nitrogens is 2. The Kier molecular flexibility index (Phi) is 5.36. The minimum Gasteiger partial charge on any atom is -0.356 e. The van der Waals surface area contributed by atoms with E-state index in [0.29, 0.717) is 17.3 Å². The summed E-state index contributed by atoms with van der Waals surface area (Å²) < 4.78 is 0. The summed E-state index contributed by atoms with van der Waals surface area (Å²) in [6.45, 7) is 3.82. The summed E-state index contributed by atoms with van der Waals surface area (Å²) in [4.78, 5) is 13.6. The molecular formula is C20H20ClN5S. The molecule has 5 nitrogen and oxygen atoms in total. The Morgan fingerprint density at radius 3 is 2.85 bits per heavy atom. The third kappa shape index (κ3) is 4.46. The Hall–Kier alpha value is -2.44. The fraction of sp³-hybridized carbons (Fsp3) is 0.250. The van der Waals surface area contributed by atoms with Crippen LogP contribution in [0.5, 0.6) is 0 Å². The van der Waals surface area contributed by atoms with Crippen molar-refractivity contribution in [2.75, 3.05) is 18.4 Å². The van der Waals surface area contributed by atoms with Gasteiger partial charge in [0.1, 0.15) is 0 Å². The molecule has 0 atom stereocenters. The van der Waals surface area contributed by atoms with Crippen molar-refractivity contribution in [1.82, 2.24) is 15.3 Å². The van der Waals surface area contributed by atoms with Crippen molar-refractivity contribution >= 4 is 34.7 Å². The van der Waals surface area contributed by atoms with Crippen molar-refractivity contribution in [3.63, 3.8) is 0 Å². The monoisotopic (exact) mass is 397 g/mol. The van der Waals surface area contributed by atoms with E-state index in [9.17, 15) is 0 Å². The lowest BCUT2D eigenvalue weighted by atomic mass is 10.1. The van der Waals surface area contributed by atoms with Gasteiger partial charge in [0.25, 0.3) is 0 Å². The zero-order chi connectivity index (χ0) is 18.6. The zero-order valence-electron chi connectivity index (χ0n) is 15.0. The average Bonchev–Trinajstić information content (AvgIpc) is 3.14. The van der Waals surface area contributed by atoms with Crippen LogP contribution in [0.1, 0.15) is 22.6 Å². The molecule has 1 aliphatic rings. The fourth-order valence-electron chi connectivity index (χ4n) is 2.82. The van der Waals surface area contributed by atoms with Gasteiger partial charge in [0.2, 0.25) is 0 Å². The highest BCUT2D eigenvalue weighted by Gasteiger charge is 2.11. The van der Waals surface area contributed by atoms with Crippen LogP contribution in [-0.4, -0.2) is 29.0 Å². The van der Waals surface area contributed by atoms with Gasteiger partial charge in [-0.3, -0.25) is 4.99 Å². The molecule has 3 aromatic rings. The van der Waals surface area contributed by atoms with Crippen molar-refractivity contribution in [2.45, 2.75) is 19.8 Å². The Balaban J connectivity index is 1.46. The molecule has 27 heavy (non-hydrogen) atoms. The molecule has 0 radical (unpaired) electrons. The number of hydrogen-bond acceptors (Lipinski definition) is 6. The molecule has 0 saturated heterocycles. The van der Waals surface area contributed by atoms with Gasteiger partial charge in [0.15, 0.2) is 11.8 Å². The summed E-state index contributed by atoms with van der Waals surface area (Å²) in [5.41, 5.74) is 4.43. The first-order chi connectivity index (χ1) is 13.2. The molecule has 1 aliphatic heterocycles. The molecule has 0 bridgehead atoms. The van der Waals surface area contributed by atoms with E-state index in [-0.39, 0.29) is 0 Å². The number of benzene rings is 1. The molecule has 2 N–H and O–H groups in total. The first-order valence-electron chi connectivity index (χ1n) is 8.88. The number of nitrogens with one attached hydrogen (secondary N) is 2. The number of guanidine groups is 1. The quantitative estimate of drug-likeness (QED) is 0.679. The third-order valence-corrected chi connectivity index (χ3v) is 5.42. The van der Waals surface area contributed by atoms with Gasteiger partial charge < -0.3 is 10.6 Å². The van der Waals surface area contributed by atoms with E-state index in [1.165, 1.54) is 5.56 Å². The summed E-state index contributed by atoms with van der Waals surface area (Å²) in [5.74, 6) is 1.35. The number of anilines is 1. The lowest BCUT2D eigenvalue weighted by Gasteiger charge is -2.16. The second-order valence-electron chi connectivity index (χ2n) is 6.48. The Bertz CT molecular complexity index is 965. The number of hydrogen-bond donors (Lipinski definition) is 2. The number of aryl methyl sites for hydroxylation is 1. The number of halogens is 1. The highest BCUT2D eigenvalue weighted by Crippen LogP contribution is 2.26. The fourth-order valence-corrected chi connectivity index (χ4v) is 3.89. The maximum absolute atomic E-state index is 6.41. The topological polar surface area (TPSA) is 62.2 Å². The van der Waals surface area contributed by atoms with Gasteiger partial charge >= 0.3 is 0 Å². The molecule has 138 valence electrons. The van der Waals surface area contributed by atoms with Gasteiger partial charge in [-0.15, -0.1) is 11.3 Å². The Labute approximate surface area is 167 Å². The molecule has 4 rings (SSSR count). The normalized spacial score (nSPS) is 13.8. The molecule has 0 unspecified atom stereocenters. The first-order valence-corrected chi connectivity index (χ1v) is 10.1. The molecule has 7 heteroatoms. The summed E-state index contributed by atoms with van der Waals surface area (Å²) in [5, 5.41) is 10.1. The van der Waals surface area contributed by atoms with E-state index in [2.05, 4.69) is 57.2 Å². The molecule has 1 aromatic carbocycles. The second-order valence-corrected chi connectivity index (χ2v) is 7.83. The molecular weight excluding hydrogens is 378 g/mol. The Morgan fingerprint density at radius 2 is 2.11 bits per heavy atom. The van der Waals surface area contributed by atoms with Gasteiger partial charge in [-0.05, 0) is 25.0 Å². The molecule has 3 heterocycles. The van der Waals surface area contributed by atoms with Crippen LogP contribution in [-0.2, 0) is 6.42 Å². The molecule has 0 fully saturated rings. The molecule has 0 aliphatic carbocycles. The summed E-state index contributed by atoms with van der Waals surface area (Å²) in [7, 11) is 0. The van der Waals surface area contributed by atoms with Gasteiger partial charge in [0, 0.05) is 36.7 Å². The molecule has 0 saturated carbocycles. The van der Waals surface area contributed by atoms with Crippen LogP contribution in [0.4, 0.5) is 5.82 Å². The van der Waals surface area contributed by atoms with Gasteiger partial charge in [0.05, 0.1) is 15.7 Å². The van der Waals surface area contributed by atoms with Crippen molar-refractivity contribution in [1.29, 1.82) is 0 Å². The van der Waals surface area contributed by atoms with Crippen LogP contribution in [0.2, 0.25) is 5.02 Å². The first kappa shape index (κ1) is 17.9. The van der Waals surface area contributed by atoms with Crippen LogP contribution in [0, 0.1) is 6.92 Å². The van der Waals surface area contributed by atoms with E-state index in [1.807, 2.05) is 12.3 Å². The number of aliphatic imine (C=N–C) groups is 1. The van der Waals surface area contributed by atoms with Crippen LogP contribution < -0.4 is 10.6 Å². The number of rotatable bonds is 4.